The van der Waals surface area contributed by atoms with Gasteiger partial charge in [-0.15, -0.1) is 0 Å². The highest BCUT2D eigenvalue weighted by molar-refractivity contribution is 5.99. The highest BCUT2D eigenvalue weighted by Gasteiger charge is 2.47. The first-order valence-corrected chi connectivity index (χ1v) is 10.4. The van der Waals surface area contributed by atoms with Crippen molar-refractivity contribution >= 4 is 17.8 Å². The molecule has 1 saturated carbocycles. The van der Waals surface area contributed by atoms with Crippen LogP contribution in [0.15, 0.2) is 23.2 Å². The Labute approximate surface area is 175 Å². The summed E-state index contributed by atoms with van der Waals surface area (Å²) in [4.78, 5) is 31.2. The van der Waals surface area contributed by atoms with Crippen molar-refractivity contribution in [2.45, 2.75) is 64.1 Å². The second-order valence-electron chi connectivity index (χ2n) is 9.84. The number of benzene rings is 1. The van der Waals surface area contributed by atoms with Gasteiger partial charge < -0.3 is 15.8 Å². The molecular formula is C22H29FN4O3. The fourth-order valence-electron chi connectivity index (χ4n) is 4.48. The maximum Gasteiger partial charge on any atom is 0.231 e. The van der Waals surface area contributed by atoms with Gasteiger partial charge in [0.05, 0.1) is 23.6 Å². The van der Waals surface area contributed by atoms with Crippen LogP contribution in [-0.4, -0.2) is 40.4 Å². The van der Waals surface area contributed by atoms with Crippen LogP contribution in [0.2, 0.25) is 0 Å². The molecule has 3 aliphatic rings. The number of ether oxygens (including phenoxy) is 1. The number of nitrogens with two attached hydrogens (primary N) is 1. The number of halogens is 1. The number of guanidine groups is 1. The lowest BCUT2D eigenvalue weighted by Crippen LogP contribution is -2.50. The van der Waals surface area contributed by atoms with Crippen LogP contribution in [0.5, 0.6) is 5.75 Å². The van der Waals surface area contributed by atoms with Crippen molar-refractivity contribution in [1.82, 2.24) is 10.2 Å². The molecule has 3 atom stereocenters. The van der Waals surface area contributed by atoms with Crippen LogP contribution in [0, 0.1) is 17.7 Å². The molecule has 4 rings (SSSR count). The monoisotopic (exact) mass is 416 g/mol. The molecule has 8 heteroatoms. The molecule has 2 heterocycles. The minimum Gasteiger partial charge on any atom is -0.487 e. The summed E-state index contributed by atoms with van der Waals surface area (Å²) in [5.74, 6) is -0.0958. The number of nitrogens with zero attached hydrogens (tertiary/aromatic N) is 2. The van der Waals surface area contributed by atoms with Crippen LogP contribution in [0.25, 0.3) is 0 Å². The van der Waals surface area contributed by atoms with Gasteiger partial charge in [0.2, 0.25) is 11.8 Å². The second kappa shape index (κ2) is 6.96. The van der Waals surface area contributed by atoms with Gasteiger partial charge in [-0.1, -0.05) is 6.07 Å². The van der Waals surface area contributed by atoms with E-state index in [1.165, 1.54) is 11.0 Å². The highest BCUT2D eigenvalue weighted by atomic mass is 19.1. The van der Waals surface area contributed by atoms with E-state index >= 15 is 0 Å². The van der Waals surface area contributed by atoms with E-state index in [0.29, 0.717) is 37.1 Å². The highest BCUT2D eigenvalue weighted by Crippen LogP contribution is 2.44. The SMILES string of the molecule is CC1(C)CC(=O)N(C[C@H]2C[C@@H]2C(=O)N[C@H]2CC(C)(C)Oc3cccc(F)c32)C(N)=N1. The van der Waals surface area contributed by atoms with Crippen molar-refractivity contribution in [1.29, 1.82) is 0 Å². The first-order valence-electron chi connectivity index (χ1n) is 10.4. The topological polar surface area (TPSA) is 97.0 Å². The van der Waals surface area contributed by atoms with Gasteiger partial charge in [-0.25, -0.2) is 9.38 Å². The summed E-state index contributed by atoms with van der Waals surface area (Å²) in [6, 6.07) is 4.26. The maximum atomic E-state index is 14.5. The smallest absolute Gasteiger partial charge is 0.231 e. The van der Waals surface area contributed by atoms with E-state index in [2.05, 4.69) is 10.3 Å². The minimum atomic E-state index is -0.514. The molecule has 0 unspecified atom stereocenters. The first-order chi connectivity index (χ1) is 14.0. The molecule has 162 valence electrons. The van der Waals surface area contributed by atoms with Crippen molar-refractivity contribution < 1.29 is 18.7 Å². The van der Waals surface area contributed by atoms with Crippen molar-refractivity contribution in [2.24, 2.45) is 22.6 Å². The first kappa shape index (κ1) is 20.6. The fraction of sp³-hybridized carbons (Fsp3) is 0.591. The Kier molecular flexibility index (Phi) is 4.78. The third kappa shape index (κ3) is 4.00. The average Bonchev–Trinajstić information content (AvgIpc) is 3.35. The Hall–Kier alpha value is -2.64. The van der Waals surface area contributed by atoms with E-state index < -0.39 is 17.2 Å². The molecule has 30 heavy (non-hydrogen) atoms. The standard InChI is InChI=1S/C22H29FN4O3/c1-21(2)10-17(28)27(20(24)26-21)11-12-8-13(12)19(29)25-15-9-22(3,4)30-16-7-5-6-14(23)18(15)16/h5-7,12-13,15H,8-11H2,1-4H3,(H2,24,26)(H,25,29)/t12-,13+,15+/m1/s1. The van der Waals surface area contributed by atoms with Gasteiger partial charge >= 0.3 is 0 Å². The normalized spacial score (nSPS) is 28.8. The number of aliphatic imine (C=N–C) groups is 1. The summed E-state index contributed by atoms with van der Waals surface area (Å²) < 4.78 is 20.4. The largest absolute Gasteiger partial charge is 0.487 e. The lowest BCUT2D eigenvalue weighted by molar-refractivity contribution is -0.130. The Bertz CT molecular complexity index is 927. The van der Waals surface area contributed by atoms with Crippen molar-refractivity contribution in [3.05, 3.63) is 29.6 Å². The molecular weight excluding hydrogens is 387 g/mol. The number of carbonyl (C=O) groups excluding carboxylic acids is 2. The number of nitrogens with one attached hydrogen (secondary N) is 1. The molecule has 1 fully saturated rings. The molecule has 2 amide bonds. The molecule has 1 aromatic rings. The van der Waals surface area contributed by atoms with E-state index in [1.54, 1.807) is 12.1 Å². The predicted octanol–water partition coefficient (Wildman–Crippen LogP) is 2.51. The summed E-state index contributed by atoms with van der Waals surface area (Å²) in [7, 11) is 0. The van der Waals surface area contributed by atoms with Gasteiger partial charge in [0.25, 0.3) is 0 Å². The Balaban J connectivity index is 1.42. The van der Waals surface area contributed by atoms with Gasteiger partial charge in [0.15, 0.2) is 5.96 Å². The van der Waals surface area contributed by atoms with E-state index in [0.717, 1.165) is 0 Å². The molecule has 2 aliphatic heterocycles. The molecule has 0 spiro atoms. The van der Waals surface area contributed by atoms with Gasteiger partial charge in [-0.2, -0.15) is 0 Å². The lowest BCUT2D eigenvalue weighted by atomic mass is 9.89. The number of hydrogen-bond donors (Lipinski definition) is 2. The van der Waals surface area contributed by atoms with Gasteiger partial charge in [0, 0.05) is 18.9 Å². The Morgan fingerprint density at radius 3 is 2.80 bits per heavy atom. The third-order valence-corrected chi connectivity index (χ3v) is 6.01. The zero-order valence-corrected chi connectivity index (χ0v) is 17.9. The van der Waals surface area contributed by atoms with Gasteiger partial charge in [-0.05, 0) is 52.2 Å². The minimum absolute atomic E-state index is 0.0249. The number of hydrogen-bond acceptors (Lipinski definition) is 5. The Morgan fingerprint density at radius 2 is 2.10 bits per heavy atom. The molecule has 0 saturated heterocycles. The van der Waals surface area contributed by atoms with Crippen molar-refractivity contribution in [2.75, 3.05) is 6.54 Å². The lowest BCUT2D eigenvalue weighted by Gasteiger charge is -2.38. The predicted molar refractivity (Wildman–Crippen MR) is 110 cm³/mol. The van der Waals surface area contributed by atoms with Crippen molar-refractivity contribution in [3.8, 4) is 5.75 Å². The van der Waals surface area contributed by atoms with E-state index in [-0.39, 0.29) is 35.4 Å². The van der Waals surface area contributed by atoms with Crippen LogP contribution in [0.3, 0.4) is 0 Å². The number of amides is 2. The molecule has 0 aromatic heterocycles. The zero-order chi connectivity index (χ0) is 21.8. The summed E-state index contributed by atoms with van der Waals surface area (Å²) in [6.07, 6.45) is 1.44. The number of rotatable bonds is 4. The third-order valence-electron chi connectivity index (χ3n) is 6.01. The van der Waals surface area contributed by atoms with E-state index in [1.807, 2.05) is 27.7 Å². The molecule has 3 N–H and O–H groups in total. The maximum absolute atomic E-state index is 14.5. The molecule has 7 nitrogen and oxygen atoms in total. The molecule has 0 radical (unpaired) electrons. The van der Waals surface area contributed by atoms with Crippen LogP contribution >= 0.6 is 0 Å². The van der Waals surface area contributed by atoms with Crippen LogP contribution in [0.1, 0.15) is 58.6 Å². The van der Waals surface area contributed by atoms with Crippen molar-refractivity contribution in [3.63, 3.8) is 0 Å². The molecule has 0 bridgehead atoms. The van der Waals surface area contributed by atoms with Crippen LogP contribution in [0.4, 0.5) is 4.39 Å². The van der Waals surface area contributed by atoms with E-state index in [4.69, 9.17) is 10.5 Å². The Morgan fingerprint density at radius 1 is 1.37 bits per heavy atom. The van der Waals surface area contributed by atoms with Crippen LogP contribution < -0.4 is 15.8 Å². The zero-order valence-electron chi connectivity index (χ0n) is 17.9. The average molecular weight is 416 g/mol. The molecule has 1 aliphatic carbocycles. The summed E-state index contributed by atoms with van der Waals surface area (Å²) >= 11 is 0. The van der Waals surface area contributed by atoms with Crippen LogP contribution in [-0.2, 0) is 9.59 Å². The quantitative estimate of drug-likeness (QED) is 0.788. The molecule has 1 aromatic carbocycles. The number of fused-ring (bicyclic) bond motifs is 1. The van der Waals surface area contributed by atoms with E-state index in [9.17, 15) is 14.0 Å². The fourth-order valence-corrected chi connectivity index (χ4v) is 4.48. The van der Waals surface area contributed by atoms with Gasteiger partial charge in [-0.3, -0.25) is 14.5 Å². The summed E-state index contributed by atoms with van der Waals surface area (Å²) in [5.41, 5.74) is 5.38. The van der Waals surface area contributed by atoms with Gasteiger partial charge in [0.1, 0.15) is 17.2 Å². The summed E-state index contributed by atoms with van der Waals surface area (Å²) in [5, 5.41) is 3.01. The number of carbonyl (C=O) groups is 2. The second-order valence-corrected chi connectivity index (χ2v) is 9.84. The summed E-state index contributed by atoms with van der Waals surface area (Å²) in [6.45, 7) is 7.97.